The third kappa shape index (κ3) is 3.28. The zero-order valence-corrected chi connectivity index (χ0v) is 11.0. The number of sulfonamides is 1. The Balaban J connectivity index is 2.93. The van der Waals surface area contributed by atoms with Gasteiger partial charge in [-0.3, -0.25) is 0 Å². The maximum absolute atomic E-state index is 13.5. The van der Waals surface area contributed by atoms with Crippen LogP contribution in [0.3, 0.4) is 0 Å². The van der Waals surface area contributed by atoms with E-state index in [4.69, 9.17) is 5.26 Å². The molecule has 18 heavy (non-hydrogen) atoms. The fourth-order valence-electron chi connectivity index (χ4n) is 1.60. The number of rotatable bonds is 5. The van der Waals surface area contributed by atoms with Gasteiger partial charge in [-0.2, -0.15) is 5.26 Å². The highest BCUT2D eigenvalue weighted by molar-refractivity contribution is 7.90. The Labute approximate surface area is 106 Å². The first-order chi connectivity index (χ1) is 8.42. The molecule has 2 unspecified atom stereocenters. The number of hydrogen-bond acceptors (Lipinski definition) is 3. The van der Waals surface area contributed by atoms with E-state index in [1.165, 1.54) is 18.2 Å². The number of nitrogens with one attached hydrogen (secondary N) is 1. The highest BCUT2D eigenvalue weighted by atomic mass is 32.2. The fraction of sp³-hybridized carbons (Fsp3) is 0.417. The van der Waals surface area contributed by atoms with Crippen molar-refractivity contribution in [3.63, 3.8) is 0 Å². The SMILES string of the molecule is CCC(C#N)S(=O)(=O)NC(C)c1ccccc1F. The summed E-state index contributed by atoms with van der Waals surface area (Å²) in [7, 11) is -3.76. The van der Waals surface area contributed by atoms with Crippen molar-refractivity contribution in [1.29, 1.82) is 5.26 Å². The monoisotopic (exact) mass is 270 g/mol. The smallest absolute Gasteiger partial charge is 0.211 e. The third-order valence-electron chi connectivity index (χ3n) is 2.60. The highest BCUT2D eigenvalue weighted by Crippen LogP contribution is 2.18. The molecule has 0 saturated carbocycles. The topological polar surface area (TPSA) is 70.0 Å². The molecule has 0 radical (unpaired) electrons. The molecule has 0 aliphatic rings. The summed E-state index contributed by atoms with van der Waals surface area (Å²) in [6.45, 7) is 3.15. The molecular formula is C12H15FN2O2S. The van der Waals surface area contributed by atoms with Crippen molar-refractivity contribution in [2.45, 2.75) is 31.6 Å². The first kappa shape index (κ1) is 14.6. The number of nitriles is 1. The van der Waals surface area contributed by atoms with Gasteiger partial charge >= 0.3 is 0 Å². The molecular weight excluding hydrogens is 255 g/mol. The predicted molar refractivity (Wildman–Crippen MR) is 66.6 cm³/mol. The fourth-order valence-corrected chi connectivity index (χ4v) is 2.96. The summed E-state index contributed by atoms with van der Waals surface area (Å²) in [6.07, 6.45) is 0.190. The molecule has 1 rings (SSSR count). The molecule has 0 aliphatic heterocycles. The van der Waals surface area contributed by atoms with Crippen molar-refractivity contribution in [3.05, 3.63) is 35.6 Å². The van der Waals surface area contributed by atoms with Gasteiger partial charge in [-0.25, -0.2) is 17.5 Å². The zero-order valence-electron chi connectivity index (χ0n) is 10.2. The van der Waals surface area contributed by atoms with E-state index in [1.54, 1.807) is 26.0 Å². The molecule has 1 N–H and O–H groups in total. The van der Waals surface area contributed by atoms with Gasteiger partial charge in [0.25, 0.3) is 0 Å². The van der Waals surface area contributed by atoms with Crippen LogP contribution < -0.4 is 4.72 Å². The lowest BCUT2D eigenvalue weighted by atomic mass is 10.1. The van der Waals surface area contributed by atoms with E-state index < -0.39 is 27.1 Å². The standard InChI is InChI=1S/C12H15FN2O2S/c1-3-10(8-14)18(16,17)15-9(2)11-6-4-5-7-12(11)13/h4-7,9-10,15H,3H2,1-2H3. The lowest BCUT2D eigenvalue weighted by Crippen LogP contribution is -2.35. The second kappa shape index (κ2) is 5.94. The van der Waals surface area contributed by atoms with Crippen LogP contribution in [0.1, 0.15) is 31.9 Å². The normalized spacial score (nSPS) is 14.8. The van der Waals surface area contributed by atoms with Crippen molar-refractivity contribution in [1.82, 2.24) is 4.72 Å². The van der Waals surface area contributed by atoms with E-state index in [2.05, 4.69) is 4.72 Å². The average molecular weight is 270 g/mol. The lowest BCUT2D eigenvalue weighted by molar-refractivity contribution is 0.544. The van der Waals surface area contributed by atoms with E-state index in [1.807, 2.05) is 0 Å². The molecule has 1 aromatic rings. The van der Waals surface area contributed by atoms with Crippen LogP contribution in [0.25, 0.3) is 0 Å². The predicted octanol–water partition coefficient (Wildman–Crippen LogP) is 2.11. The summed E-state index contributed by atoms with van der Waals surface area (Å²) in [5, 5.41) is 7.64. The highest BCUT2D eigenvalue weighted by Gasteiger charge is 2.26. The molecule has 98 valence electrons. The van der Waals surface area contributed by atoms with Crippen LogP contribution in [0.4, 0.5) is 4.39 Å². The molecule has 0 aliphatic carbocycles. The minimum atomic E-state index is -3.76. The Hall–Kier alpha value is -1.45. The first-order valence-corrected chi connectivity index (χ1v) is 7.12. The molecule has 4 nitrogen and oxygen atoms in total. The maximum Gasteiger partial charge on any atom is 0.228 e. The minimum absolute atomic E-state index is 0.190. The van der Waals surface area contributed by atoms with E-state index in [9.17, 15) is 12.8 Å². The van der Waals surface area contributed by atoms with Crippen LogP contribution in [0.15, 0.2) is 24.3 Å². The van der Waals surface area contributed by atoms with Gasteiger partial charge in [-0.15, -0.1) is 0 Å². The third-order valence-corrected chi connectivity index (χ3v) is 4.47. The summed E-state index contributed by atoms with van der Waals surface area (Å²) >= 11 is 0. The largest absolute Gasteiger partial charge is 0.228 e. The van der Waals surface area contributed by atoms with Crippen molar-refractivity contribution in [2.24, 2.45) is 0 Å². The Morgan fingerprint density at radius 3 is 2.56 bits per heavy atom. The number of nitrogens with zero attached hydrogens (tertiary/aromatic N) is 1. The molecule has 1 aromatic carbocycles. The second-order valence-electron chi connectivity index (χ2n) is 3.93. The molecule has 0 saturated heterocycles. The minimum Gasteiger partial charge on any atom is -0.211 e. The van der Waals surface area contributed by atoms with Gasteiger partial charge in [-0.1, -0.05) is 25.1 Å². The average Bonchev–Trinajstić information content (AvgIpc) is 2.29. The van der Waals surface area contributed by atoms with Crippen LogP contribution in [0.2, 0.25) is 0 Å². The van der Waals surface area contributed by atoms with Gasteiger partial charge in [0.15, 0.2) is 5.25 Å². The number of hydrogen-bond donors (Lipinski definition) is 1. The summed E-state index contributed by atoms with van der Waals surface area (Å²) in [4.78, 5) is 0. The van der Waals surface area contributed by atoms with Crippen LogP contribution in [-0.4, -0.2) is 13.7 Å². The van der Waals surface area contributed by atoms with Gasteiger partial charge in [0.05, 0.1) is 6.07 Å². The van der Waals surface area contributed by atoms with E-state index in [0.717, 1.165) is 0 Å². The van der Waals surface area contributed by atoms with Crippen LogP contribution in [0.5, 0.6) is 0 Å². The van der Waals surface area contributed by atoms with Crippen molar-refractivity contribution < 1.29 is 12.8 Å². The first-order valence-electron chi connectivity index (χ1n) is 5.57. The van der Waals surface area contributed by atoms with Gasteiger partial charge in [0.1, 0.15) is 5.82 Å². The summed E-state index contributed by atoms with van der Waals surface area (Å²) in [5.41, 5.74) is 0.258. The second-order valence-corrected chi connectivity index (χ2v) is 5.83. The molecule has 0 spiro atoms. The number of benzene rings is 1. The molecule has 2 atom stereocenters. The van der Waals surface area contributed by atoms with Gasteiger partial charge < -0.3 is 0 Å². The molecule has 0 amide bonds. The molecule has 0 fully saturated rings. The van der Waals surface area contributed by atoms with E-state index in [-0.39, 0.29) is 12.0 Å². The Bertz CT molecular complexity index is 551. The number of halogens is 1. The molecule has 0 bridgehead atoms. The van der Waals surface area contributed by atoms with Crippen LogP contribution in [0, 0.1) is 17.1 Å². The van der Waals surface area contributed by atoms with Crippen molar-refractivity contribution in [2.75, 3.05) is 0 Å². The lowest BCUT2D eigenvalue weighted by Gasteiger charge is -2.17. The van der Waals surface area contributed by atoms with Crippen LogP contribution >= 0.6 is 0 Å². The van der Waals surface area contributed by atoms with E-state index >= 15 is 0 Å². The van der Waals surface area contributed by atoms with Crippen molar-refractivity contribution in [3.8, 4) is 6.07 Å². The van der Waals surface area contributed by atoms with Crippen LogP contribution in [-0.2, 0) is 10.0 Å². The maximum atomic E-state index is 13.5. The Morgan fingerprint density at radius 2 is 2.06 bits per heavy atom. The van der Waals surface area contributed by atoms with Gasteiger partial charge in [0, 0.05) is 11.6 Å². The molecule has 6 heteroatoms. The quantitative estimate of drug-likeness (QED) is 0.890. The summed E-state index contributed by atoms with van der Waals surface area (Å²) in [5.74, 6) is -0.474. The summed E-state index contributed by atoms with van der Waals surface area (Å²) in [6, 6.07) is 6.95. The Morgan fingerprint density at radius 1 is 1.44 bits per heavy atom. The zero-order chi connectivity index (χ0) is 13.8. The molecule has 0 heterocycles. The van der Waals surface area contributed by atoms with Gasteiger partial charge in [-0.05, 0) is 19.4 Å². The van der Waals surface area contributed by atoms with E-state index in [0.29, 0.717) is 0 Å². The Kier molecular flexibility index (Phi) is 4.82. The van der Waals surface area contributed by atoms with Gasteiger partial charge in [0.2, 0.25) is 10.0 Å². The summed E-state index contributed by atoms with van der Waals surface area (Å²) < 4.78 is 39.5. The molecule has 0 aromatic heterocycles. The van der Waals surface area contributed by atoms with Crippen molar-refractivity contribution >= 4 is 10.0 Å².